The van der Waals surface area contributed by atoms with Crippen molar-refractivity contribution < 1.29 is 43.2 Å². The molecule has 0 spiro atoms. The molecule has 1 aliphatic heterocycles. The molecule has 20 heteroatoms. The standard InChI is InChI=1S/C47H62N10O9S/c1-28-20-33(53-39-24-36(49-7)44-50-25-38(43(48)60)57(44)55-39)22-35(21-28)66-19-18-65-17-16-64-15-14-63-13-12-40(59)54-42(47(4,5)6)46(62)56-26-34(58)23-37(56)45(61)52-29(2)31-8-10-32(11-9-31)41-30(3)51-27-67-41/h8-11,20-22,24-25,27,29,34,37,42,49,58H,12-19,23,26H2,1-7H3,(H2,48,60)(H,52,61)(H,53,55)(H,54,59). The number of ether oxygens (including phenoxy) is 4. The fraction of sp³-hybridized carbons (Fsp3) is 0.468. The van der Waals surface area contributed by atoms with Crippen molar-refractivity contribution in [3.05, 3.63) is 82.8 Å². The number of nitrogens with two attached hydrogens (primary N) is 1. The molecule has 0 bridgehead atoms. The summed E-state index contributed by atoms with van der Waals surface area (Å²) in [5.74, 6) is -0.710. The van der Waals surface area contributed by atoms with Gasteiger partial charge in [-0.1, -0.05) is 45.0 Å². The van der Waals surface area contributed by atoms with Crippen LogP contribution in [0.4, 0.5) is 17.2 Å². The molecular weight excluding hydrogens is 881 g/mol. The Morgan fingerprint density at radius 2 is 1.61 bits per heavy atom. The fourth-order valence-electron chi connectivity index (χ4n) is 7.61. The molecule has 6 rings (SSSR count). The molecule has 4 atom stereocenters. The average molecular weight is 943 g/mol. The molecule has 19 nitrogen and oxygen atoms in total. The Labute approximate surface area is 394 Å². The summed E-state index contributed by atoms with van der Waals surface area (Å²) in [6, 6.07) is 13.2. The van der Waals surface area contributed by atoms with Crippen LogP contribution in [0, 0.1) is 19.3 Å². The maximum absolute atomic E-state index is 14.0. The minimum absolute atomic E-state index is 0.0140. The number of hydrogen-bond acceptors (Lipinski definition) is 15. The minimum Gasteiger partial charge on any atom is -0.491 e. The van der Waals surface area contributed by atoms with Gasteiger partial charge < -0.3 is 56.0 Å². The van der Waals surface area contributed by atoms with E-state index in [4.69, 9.17) is 24.7 Å². The number of aliphatic hydroxyl groups excluding tert-OH is 1. The molecule has 2 aromatic carbocycles. The zero-order valence-electron chi connectivity index (χ0n) is 39.1. The lowest BCUT2D eigenvalue weighted by atomic mass is 9.85. The Balaban J connectivity index is 0.860. The van der Waals surface area contributed by atoms with Gasteiger partial charge in [-0.2, -0.15) is 0 Å². The van der Waals surface area contributed by atoms with Gasteiger partial charge in [0, 0.05) is 44.3 Å². The number of β-amino-alcohol motifs (C(OH)–C–C–N with tert-alkyl or cyclic N) is 1. The van der Waals surface area contributed by atoms with Crippen LogP contribution in [0.15, 0.2) is 60.2 Å². The number of thiazole rings is 1. The van der Waals surface area contributed by atoms with E-state index in [0.29, 0.717) is 55.9 Å². The Morgan fingerprint density at radius 3 is 2.25 bits per heavy atom. The number of aryl methyl sites for hydroxylation is 2. The van der Waals surface area contributed by atoms with Gasteiger partial charge in [0.15, 0.2) is 11.5 Å². The van der Waals surface area contributed by atoms with E-state index in [1.165, 1.54) is 15.6 Å². The number of benzene rings is 2. The molecule has 360 valence electrons. The molecule has 4 heterocycles. The summed E-state index contributed by atoms with van der Waals surface area (Å²) in [6.07, 6.45) is 0.617. The van der Waals surface area contributed by atoms with Crippen LogP contribution in [-0.2, 0) is 28.6 Å². The van der Waals surface area contributed by atoms with Gasteiger partial charge in [-0.3, -0.25) is 19.2 Å². The number of anilines is 3. The number of carbonyl (C=O) groups excluding carboxylic acids is 4. The Bertz CT molecular complexity index is 2490. The van der Waals surface area contributed by atoms with Crippen molar-refractivity contribution in [2.45, 2.75) is 78.6 Å². The molecule has 3 aromatic heterocycles. The second-order valence-electron chi connectivity index (χ2n) is 17.4. The van der Waals surface area contributed by atoms with E-state index in [9.17, 15) is 24.3 Å². The largest absolute Gasteiger partial charge is 0.491 e. The van der Waals surface area contributed by atoms with E-state index in [0.717, 1.165) is 32.9 Å². The molecule has 7 N–H and O–H groups in total. The zero-order valence-corrected chi connectivity index (χ0v) is 39.9. The quantitative estimate of drug-likeness (QED) is 0.0493. The maximum Gasteiger partial charge on any atom is 0.269 e. The normalized spacial score (nSPS) is 15.9. The molecule has 0 saturated carbocycles. The number of nitrogens with one attached hydrogen (secondary N) is 4. The summed E-state index contributed by atoms with van der Waals surface area (Å²) in [6.45, 7) is 13.3. The summed E-state index contributed by atoms with van der Waals surface area (Å²) in [5, 5.41) is 27.3. The first-order valence-electron chi connectivity index (χ1n) is 22.2. The smallest absolute Gasteiger partial charge is 0.269 e. The summed E-state index contributed by atoms with van der Waals surface area (Å²) in [5.41, 5.74) is 12.5. The number of aliphatic hydroxyl groups is 1. The number of likely N-dealkylation sites (tertiary alicyclic amines) is 1. The SMILES string of the molecule is CNc1cc(Nc2cc(C)cc(OCCOCCOCCOCCC(=O)NC(C(=O)N3CC(O)CC3C(=O)NC(C)c3ccc(-c4scnc4C)cc3)C(C)(C)C)c2)nn2c(C(N)=O)cnc12. The van der Waals surface area contributed by atoms with Crippen molar-refractivity contribution >= 4 is 57.8 Å². The van der Waals surface area contributed by atoms with E-state index in [-0.39, 0.29) is 56.2 Å². The topological polar surface area (TPSA) is 246 Å². The van der Waals surface area contributed by atoms with Crippen molar-refractivity contribution in [2.75, 3.05) is 70.5 Å². The third-order valence-electron chi connectivity index (χ3n) is 11.1. The van der Waals surface area contributed by atoms with Gasteiger partial charge >= 0.3 is 0 Å². The molecule has 4 unspecified atom stereocenters. The van der Waals surface area contributed by atoms with Crippen LogP contribution in [0.1, 0.15) is 73.9 Å². The molecule has 1 aliphatic rings. The summed E-state index contributed by atoms with van der Waals surface area (Å²) in [7, 11) is 1.75. The number of amides is 4. The predicted molar refractivity (Wildman–Crippen MR) is 254 cm³/mol. The molecular formula is C47H62N10O9S. The Kier molecular flexibility index (Phi) is 17.3. The van der Waals surface area contributed by atoms with Crippen LogP contribution in [0.5, 0.6) is 5.75 Å². The van der Waals surface area contributed by atoms with Gasteiger partial charge in [-0.05, 0) is 55.0 Å². The number of rotatable bonds is 23. The molecule has 5 aromatic rings. The van der Waals surface area contributed by atoms with E-state index in [1.807, 2.05) is 89.5 Å². The van der Waals surface area contributed by atoms with Gasteiger partial charge in [0.1, 0.15) is 30.1 Å². The van der Waals surface area contributed by atoms with Gasteiger partial charge in [0.25, 0.3) is 5.91 Å². The van der Waals surface area contributed by atoms with Crippen LogP contribution >= 0.6 is 11.3 Å². The third-order valence-corrected chi connectivity index (χ3v) is 12.1. The van der Waals surface area contributed by atoms with E-state index in [2.05, 4.69) is 36.3 Å². The minimum atomic E-state index is -0.944. The summed E-state index contributed by atoms with van der Waals surface area (Å²) in [4.78, 5) is 63.7. The molecule has 1 saturated heterocycles. The highest BCUT2D eigenvalue weighted by Crippen LogP contribution is 2.30. The number of fused-ring (bicyclic) bond motifs is 1. The lowest BCUT2D eigenvalue weighted by Gasteiger charge is -2.35. The third kappa shape index (κ3) is 13.5. The van der Waals surface area contributed by atoms with E-state index < -0.39 is 35.4 Å². The molecule has 0 radical (unpaired) electrons. The molecule has 4 amide bonds. The number of primary amides is 1. The first-order valence-corrected chi connectivity index (χ1v) is 23.1. The molecule has 0 aliphatic carbocycles. The molecule has 67 heavy (non-hydrogen) atoms. The second-order valence-corrected chi connectivity index (χ2v) is 18.3. The summed E-state index contributed by atoms with van der Waals surface area (Å²) < 4.78 is 24.2. The Hall–Kier alpha value is -6.19. The molecule has 1 fully saturated rings. The predicted octanol–water partition coefficient (Wildman–Crippen LogP) is 4.54. The number of nitrogens with zero attached hydrogens (tertiary/aromatic N) is 5. The van der Waals surface area contributed by atoms with Crippen LogP contribution < -0.4 is 31.7 Å². The number of aromatic nitrogens is 4. The van der Waals surface area contributed by atoms with Gasteiger partial charge in [-0.15, -0.1) is 16.4 Å². The summed E-state index contributed by atoms with van der Waals surface area (Å²) >= 11 is 1.57. The number of carbonyl (C=O) groups is 4. The highest BCUT2D eigenvalue weighted by molar-refractivity contribution is 7.13. The van der Waals surface area contributed by atoms with Crippen LogP contribution in [0.25, 0.3) is 16.1 Å². The van der Waals surface area contributed by atoms with Gasteiger partial charge in [-0.25, -0.2) is 14.5 Å². The van der Waals surface area contributed by atoms with Gasteiger partial charge in [0.05, 0.1) is 79.8 Å². The van der Waals surface area contributed by atoms with Crippen molar-refractivity contribution in [1.29, 1.82) is 0 Å². The highest BCUT2D eigenvalue weighted by Gasteiger charge is 2.44. The van der Waals surface area contributed by atoms with E-state index >= 15 is 0 Å². The maximum atomic E-state index is 14.0. The lowest BCUT2D eigenvalue weighted by molar-refractivity contribution is -0.144. The van der Waals surface area contributed by atoms with Crippen LogP contribution in [0.3, 0.4) is 0 Å². The van der Waals surface area contributed by atoms with Crippen molar-refractivity contribution in [1.82, 2.24) is 35.1 Å². The first kappa shape index (κ1) is 50.2. The fourth-order valence-corrected chi connectivity index (χ4v) is 8.42. The van der Waals surface area contributed by atoms with Crippen LogP contribution in [0.2, 0.25) is 0 Å². The first-order chi connectivity index (χ1) is 32.0. The van der Waals surface area contributed by atoms with Crippen molar-refractivity contribution in [2.24, 2.45) is 11.1 Å². The van der Waals surface area contributed by atoms with E-state index in [1.54, 1.807) is 24.5 Å². The van der Waals surface area contributed by atoms with Crippen LogP contribution in [-0.4, -0.2) is 131 Å². The van der Waals surface area contributed by atoms with Crippen molar-refractivity contribution in [3.63, 3.8) is 0 Å². The number of imidazole rings is 1. The second kappa shape index (κ2) is 23.0. The van der Waals surface area contributed by atoms with Crippen molar-refractivity contribution in [3.8, 4) is 16.2 Å². The van der Waals surface area contributed by atoms with Gasteiger partial charge in [0.2, 0.25) is 17.7 Å². The lowest BCUT2D eigenvalue weighted by Crippen LogP contribution is -2.58. The highest BCUT2D eigenvalue weighted by atomic mass is 32.1. The number of hydrogen-bond donors (Lipinski definition) is 6. The monoisotopic (exact) mass is 942 g/mol. The Morgan fingerprint density at radius 1 is 0.925 bits per heavy atom. The average Bonchev–Trinajstić information content (AvgIpc) is 4.03. The zero-order chi connectivity index (χ0) is 48.3.